The number of ether oxygens (including phenoxy) is 1. The van der Waals surface area contributed by atoms with E-state index >= 15 is 0 Å². The zero-order valence-corrected chi connectivity index (χ0v) is 16.1. The van der Waals surface area contributed by atoms with E-state index in [1.165, 1.54) is 50.3 Å². The summed E-state index contributed by atoms with van der Waals surface area (Å²) in [5.74, 6) is 0.932. The van der Waals surface area contributed by atoms with Gasteiger partial charge in [-0.2, -0.15) is 0 Å². The molecule has 1 atom stereocenters. The van der Waals surface area contributed by atoms with E-state index in [1.54, 1.807) is 7.11 Å². The highest BCUT2D eigenvalue weighted by molar-refractivity contribution is 5.49. The van der Waals surface area contributed by atoms with Crippen LogP contribution in [0.5, 0.6) is 5.75 Å². The van der Waals surface area contributed by atoms with E-state index in [9.17, 15) is 0 Å². The summed E-state index contributed by atoms with van der Waals surface area (Å²) in [6.45, 7) is 12.6. The second-order valence-electron chi connectivity index (χ2n) is 7.56. The molecular formula is C21H33N3O. The van der Waals surface area contributed by atoms with Gasteiger partial charge in [0, 0.05) is 51.0 Å². The third-order valence-corrected chi connectivity index (χ3v) is 5.51. The van der Waals surface area contributed by atoms with Gasteiger partial charge in [0.1, 0.15) is 5.75 Å². The summed E-state index contributed by atoms with van der Waals surface area (Å²) in [6, 6.07) is 9.21. The van der Waals surface area contributed by atoms with Crippen molar-refractivity contribution in [2.45, 2.75) is 32.7 Å². The summed E-state index contributed by atoms with van der Waals surface area (Å²) < 4.78 is 5.26. The fourth-order valence-electron chi connectivity index (χ4n) is 3.94. The maximum Gasteiger partial charge on any atom is 0.119 e. The molecule has 2 aliphatic heterocycles. The molecule has 0 N–H and O–H groups in total. The third-order valence-electron chi connectivity index (χ3n) is 5.51. The molecule has 1 aromatic rings. The average molecular weight is 344 g/mol. The van der Waals surface area contributed by atoms with Gasteiger partial charge in [0.25, 0.3) is 0 Å². The van der Waals surface area contributed by atoms with Crippen LogP contribution in [0.1, 0.15) is 26.7 Å². The lowest BCUT2D eigenvalue weighted by molar-refractivity contribution is 0.0990. The van der Waals surface area contributed by atoms with Gasteiger partial charge in [-0.15, -0.1) is 0 Å². The first-order valence-corrected chi connectivity index (χ1v) is 9.64. The van der Waals surface area contributed by atoms with Gasteiger partial charge >= 0.3 is 0 Å². The Morgan fingerprint density at radius 1 is 1.08 bits per heavy atom. The summed E-state index contributed by atoms with van der Waals surface area (Å²) in [7, 11) is 1.72. The average Bonchev–Trinajstić information content (AvgIpc) is 2.67. The molecule has 4 nitrogen and oxygen atoms in total. The normalized spacial score (nSPS) is 22.7. The predicted octanol–water partition coefficient (Wildman–Crippen LogP) is 3.25. The zero-order valence-electron chi connectivity index (χ0n) is 16.1. The second-order valence-corrected chi connectivity index (χ2v) is 7.56. The van der Waals surface area contributed by atoms with Crippen molar-refractivity contribution in [2.24, 2.45) is 0 Å². The number of piperidine rings is 1. The number of methoxy groups -OCH3 is 1. The smallest absolute Gasteiger partial charge is 0.119 e. The summed E-state index contributed by atoms with van der Waals surface area (Å²) in [4.78, 5) is 7.84. The van der Waals surface area contributed by atoms with Crippen molar-refractivity contribution >= 4 is 5.69 Å². The van der Waals surface area contributed by atoms with Gasteiger partial charge in [0.15, 0.2) is 0 Å². The topological polar surface area (TPSA) is 19.0 Å². The number of benzene rings is 1. The van der Waals surface area contributed by atoms with Crippen LogP contribution in [0.2, 0.25) is 0 Å². The van der Waals surface area contributed by atoms with Gasteiger partial charge in [0.2, 0.25) is 0 Å². The van der Waals surface area contributed by atoms with E-state index in [0.717, 1.165) is 31.4 Å². The summed E-state index contributed by atoms with van der Waals surface area (Å²) in [6.07, 6.45) is 5.05. The SMILES string of the molecule is COc1ccc(N2CCN([C@@H]3CCCN(CC=C(C)C)C3)CC2)cc1. The molecular weight excluding hydrogens is 310 g/mol. The number of allylic oxidation sites excluding steroid dienone is 1. The van der Waals surface area contributed by atoms with Crippen LogP contribution in [-0.2, 0) is 0 Å². The van der Waals surface area contributed by atoms with E-state index in [4.69, 9.17) is 4.74 Å². The number of likely N-dealkylation sites (tertiary alicyclic amines) is 1. The van der Waals surface area contributed by atoms with E-state index in [2.05, 4.69) is 58.9 Å². The molecule has 3 rings (SSSR count). The van der Waals surface area contributed by atoms with Crippen molar-refractivity contribution in [1.29, 1.82) is 0 Å². The lowest BCUT2D eigenvalue weighted by Gasteiger charge is -2.43. The molecule has 1 aromatic carbocycles. The Morgan fingerprint density at radius 3 is 2.44 bits per heavy atom. The first-order chi connectivity index (χ1) is 12.2. The predicted molar refractivity (Wildman–Crippen MR) is 106 cm³/mol. The molecule has 0 aliphatic carbocycles. The summed E-state index contributed by atoms with van der Waals surface area (Å²) >= 11 is 0. The maximum absolute atomic E-state index is 5.26. The molecule has 4 heteroatoms. The number of nitrogens with zero attached hydrogens (tertiary/aromatic N) is 3. The molecule has 0 unspecified atom stereocenters. The Bertz CT molecular complexity index is 557. The van der Waals surface area contributed by atoms with Crippen LogP contribution in [0.3, 0.4) is 0 Å². The van der Waals surface area contributed by atoms with Crippen molar-refractivity contribution in [2.75, 3.05) is 57.8 Å². The number of hydrogen-bond acceptors (Lipinski definition) is 4. The van der Waals surface area contributed by atoms with E-state index in [-0.39, 0.29) is 0 Å². The minimum absolute atomic E-state index is 0.734. The second kappa shape index (κ2) is 8.72. The van der Waals surface area contributed by atoms with Crippen molar-refractivity contribution in [1.82, 2.24) is 9.80 Å². The van der Waals surface area contributed by atoms with Crippen molar-refractivity contribution in [3.05, 3.63) is 35.9 Å². The van der Waals surface area contributed by atoms with E-state index in [0.29, 0.717) is 0 Å². The quantitative estimate of drug-likeness (QED) is 0.764. The van der Waals surface area contributed by atoms with Gasteiger partial charge in [-0.05, 0) is 57.5 Å². The van der Waals surface area contributed by atoms with E-state index in [1.807, 2.05) is 0 Å². The lowest BCUT2D eigenvalue weighted by Crippen LogP contribution is -2.55. The minimum Gasteiger partial charge on any atom is -0.497 e. The lowest BCUT2D eigenvalue weighted by atomic mass is 10.0. The highest BCUT2D eigenvalue weighted by atomic mass is 16.5. The number of rotatable bonds is 5. The van der Waals surface area contributed by atoms with Crippen LogP contribution in [0, 0.1) is 0 Å². The Labute approximate surface area is 153 Å². The molecule has 0 saturated carbocycles. The van der Waals surface area contributed by atoms with Crippen molar-refractivity contribution in [3.8, 4) is 5.75 Å². The molecule has 0 radical (unpaired) electrons. The number of anilines is 1. The minimum atomic E-state index is 0.734. The van der Waals surface area contributed by atoms with Crippen LogP contribution in [0.25, 0.3) is 0 Å². The Balaban J connectivity index is 1.50. The molecule has 138 valence electrons. The monoisotopic (exact) mass is 343 g/mol. The molecule has 2 saturated heterocycles. The molecule has 0 aromatic heterocycles. The van der Waals surface area contributed by atoms with Crippen LogP contribution < -0.4 is 9.64 Å². The molecule has 0 amide bonds. The van der Waals surface area contributed by atoms with Gasteiger partial charge < -0.3 is 9.64 Å². The fourth-order valence-corrected chi connectivity index (χ4v) is 3.94. The largest absolute Gasteiger partial charge is 0.497 e. The Hall–Kier alpha value is -1.52. The highest BCUT2D eigenvalue weighted by Crippen LogP contribution is 2.23. The Kier molecular flexibility index (Phi) is 6.38. The van der Waals surface area contributed by atoms with Crippen LogP contribution >= 0.6 is 0 Å². The first kappa shape index (κ1) is 18.3. The molecule has 25 heavy (non-hydrogen) atoms. The molecule has 2 aliphatic rings. The molecule has 2 heterocycles. The van der Waals surface area contributed by atoms with Gasteiger partial charge in [-0.3, -0.25) is 9.80 Å². The van der Waals surface area contributed by atoms with Gasteiger partial charge in [0.05, 0.1) is 7.11 Å². The molecule has 0 bridgehead atoms. The fraction of sp³-hybridized carbons (Fsp3) is 0.619. The summed E-state index contributed by atoms with van der Waals surface area (Å²) in [5, 5.41) is 0. The van der Waals surface area contributed by atoms with E-state index < -0.39 is 0 Å². The third kappa shape index (κ3) is 4.99. The molecule has 2 fully saturated rings. The standard InChI is InChI=1S/C21H33N3O/c1-18(2)10-12-22-11-4-5-20(17-22)24-15-13-23(14-16-24)19-6-8-21(25-3)9-7-19/h6-10,20H,4-5,11-17H2,1-3H3/t20-/m1/s1. The number of hydrogen-bond donors (Lipinski definition) is 0. The van der Waals surface area contributed by atoms with Crippen LogP contribution in [0.15, 0.2) is 35.9 Å². The summed E-state index contributed by atoms with van der Waals surface area (Å²) in [5.41, 5.74) is 2.74. The van der Waals surface area contributed by atoms with Gasteiger partial charge in [-0.1, -0.05) is 11.6 Å². The van der Waals surface area contributed by atoms with Crippen LogP contribution in [-0.4, -0.2) is 68.8 Å². The molecule has 0 spiro atoms. The zero-order chi connectivity index (χ0) is 17.6. The first-order valence-electron chi connectivity index (χ1n) is 9.64. The maximum atomic E-state index is 5.26. The van der Waals surface area contributed by atoms with Gasteiger partial charge in [-0.25, -0.2) is 0 Å². The van der Waals surface area contributed by atoms with Crippen molar-refractivity contribution in [3.63, 3.8) is 0 Å². The van der Waals surface area contributed by atoms with Crippen LogP contribution in [0.4, 0.5) is 5.69 Å². The van der Waals surface area contributed by atoms with Crippen molar-refractivity contribution < 1.29 is 4.74 Å². The Morgan fingerprint density at radius 2 is 1.80 bits per heavy atom. The highest BCUT2D eigenvalue weighted by Gasteiger charge is 2.27. The number of piperazine rings is 1.